The highest BCUT2D eigenvalue weighted by molar-refractivity contribution is 7.80. The van der Waals surface area contributed by atoms with Crippen LogP contribution in [-0.4, -0.2) is 11.3 Å². The molecule has 3 N–H and O–H groups in total. The first kappa shape index (κ1) is 14.9. The van der Waals surface area contributed by atoms with Crippen molar-refractivity contribution in [1.29, 1.82) is 0 Å². The van der Waals surface area contributed by atoms with Crippen LogP contribution in [0.25, 0.3) is 0 Å². The second kappa shape index (κ2) is 7.35. The van der Waals surface area contributed by atoms with Crippen LogP contribution in [-0.2, 0) is 6.61 Å². The highest BCUT2D eigenvalue weighted by Gasteiger charge is 2.02. The summed E-state index contributed by atoms with van der Waals surface area (Å²) in [5, 5.41) is 4.01. The van der Waals surface area contributed by atoms with Gasteiger partial charge < -0.3 is 10.5 Å². The summed E-state index contributed by atoms with van der Waals surface area (Å²) in [6.07, 6.45) is 1.60. The van der Waals surface area contributed by atoms with Gasteiger partial charge in [-0.05, 0) is 29.9 Å². The molecule has 0 spiro atoms. The Morgan fingerprint density at radius 1 is 1.29 bits per heavy atom. The Morgan fingerprint density at radius 3 is 2.86 bits per heavy atom. The van der Waals surface area contributed by atoms with Crippen LogP contribution >= 0.6 is 12.2 Å². The summed E-state index contributed by atoms with van der Waals surface area (Å²) in [4.78, 5) is 0. The second-order valence-electron chi connectivity index (χ2n) is 4.18. The van der Waals surface area contributed by atoms with E-state index in [0.717, 1.165) is 11.1 Å². The van der Waals surface area contributed by atoms with Gasteiger partial charge in [0.1, 0.15) is 18.2 Å². The van der Waals surface area contributed by atoms with Crippen LogP contribution in [0.15, 0.2) is 53.6 Å². The van der Waals surface area contributed by atoms with Gasteiger partial charge in [-0.15, -0.1) is 0 Å². The summed E-state index contributed by atoms with van der Waals surface area (Å²) in [6, 6.07) is 13.6. The first-order valence-electron chi connectivity index (χ1n) is 6.20. The number of benzene rings is 2. The Hall–Kier alpha value is -2.47. The normalized spacial score (nSPS) is 10.5. The first-order chi connectivity index (χ1) is 10.1. The smallest absolute Gasteiger partial charge is 0.184 e. The molecule has 21 heavy (non-hydrogen) atoms. The Kier molecular flexibility index (Phi) is 5.22. The average Bonchev–Trinajstić information content (AvgIpc) is 2.46. The van der Waals surface area contributed by atoms with E-state index in [9.17, 15) is 4.39 Å². The van der Waals surface area contributed by atoms with Crippen molar-refractivity contribution in [3.63, 3.8) is 0 Å². The maximum absolute atomic E-state index is 13.1. The predicted octanol–water partition coefficient (Wildman–Crippen LogP) is 2.57. The van der Waals surface area contributed by atoms with Gasteiger partial charge in [-0.25, -0.2) is 4.39 Å². The van der Waals surface area contributed by atoms with E-state index in [4.69, 9.17) is 10.5 Å². The maximum Gasteiger partial charge on any atom is 0.184 e. The Labute approximate surface area is 127 Å². The predicted molar refractivity (Wildman–Crippen MR) is 84.7 cm³/mol. The van der Waals surface area contributed by atoms with E-state index in [0.29, 0.717) is 12.4 Å². The van der Waals surface area contributed by atoms with Crippen LogP contribution in [0.1, 0.15) is 11.1 Å². The van der Waals surface area contributed by atoms with E-state index in [2.05, 4.69) is 22.7 Å². The minimum absolute atomic E-state index is 0.0970. The fourth-order valence-corrected chi connectivity index (χ4v) is 1.73. The van der Waals surface area contributed by atoms with Crippen LogP contribution in [0.5, 0.6) is 5.75 Å². The van der Waals surface area contributed by atoms with Gasteiger partial charge >= 0.3 is 0 Å². The molecule has 0 saturated carbocycles. The number of ether oxygens (including phenoxy) is 1. The lowest BCUT2D eigenvalue weighted by Crippen LogP contribution is -2.24. The van der Waals surface area contributed by atoms with Gasteiger partial charge in [0.05, 0.1) is 6.21 Å². The van der Waals surface area contributed by atoms with Gasteiger partial charge in [0.15, 0.2) is 5.11 Å². The van der Waals surface area contributed by atoms with Gasteiger partial charge in [-0.2, -0.15) is 5.10 Å². The fourth-order valence-electron chi connectivity index (χ4n) is 1.67. The number of nitrogens with zero attached hydrogens (tertiary/aromatic N) is 1. The number of hydrogen-bond acceptors (Lipinski definition) is 3. The number of halogens is 1. The molecule has 0 aliphatic rings. The highest BCUT2D eigenvalue weighted by atomic mass is 32.1. The van der Waals surface area contributed by atoms with E-state index in [1.807, 2.05) is 24.3 Å². The minimum Gasteiger partial charge on any atom is -0.489 e. The summed E-state index contributed by atoms with van der Waals surface area (Å²) in [6.45, 7) is 0.304. The molecule has 4 nitrogen and oxygen atoms in total. The number of thiocarbonyl (C=S) groups is 1. The Bertz CT molecular complexity index is 661. The van der Waals surface area contributed by atoms with Crippen molar-refractivity contribution >= 4 is 23.5 Å². The maximum atomic E-state index is 13.1. The third-order valence-electron chi connectivity index (χ3n) is 2.62. The molecule has 0 saturated heterocycles. The number of hydrazone groups is 1. The van der Waals surface area contributed by atoms with E-state index >= 15 is 0 Å². The summed E-state index contributed by atoms with van der Waals surface area (Å²) in [5.41, 5.74) is 9.55. The van der Waals surface area contributed by atoms with Crippen molar-refractivity contribution in [3.8, 4) is 5.75 Å². The quantitative estimate of drug-likeness (QED) is 0.506. The van der Waals surface area contributed by atoms with Crippen molar-refractivity contribution in [1.82, 2.24) is 5.43 Å². The summed E-state index contributed by atoms with van der Waals surface area (Å²) in [5.74, 6) is 0.144. The minimum atomic E-state index is -0.331. The van der Waals surface area contributed by atoms with Crippen molar-refractivity contribution in [2.24, 2.45) is 10.8 Å². The molecule has 0 atom stereocenters. The molecule has 0 fully saturated rings. The second-order valence-corrected chi connectivity index (χ2v) is 4.62. The fraction of sp³-hybridized carbons (Fsp3) is 0.0667. The molecule has 0 aromatic heterocycles. The molecule has 0 amide bonds. The van der Waals surface area contributed by atoms with Gasteiger partial charge in [0.2, 0.25) is 0 Å². The lowest BCUT2D eigenvalue weighted by atomic mass is 10.1. The number of rotatable bonds is 5. The Balaban J connectivity index is 2.06. The van der Waals surface area contributed by atoms with Crippen LogP contribution in [0.4, 0.5) is 4.39 Å². The van der Waals surface area contributed by atoms with Crippen LogP contribution < -0.4 is 15.9 Å². The molecule has 108 valence electrons. The zero-order valence-corrected chi connectivity index (χ0v) is 11.9. The molecule has 0 radical (unpaired) electrons. The molecular weight excluding hydrogens is 289 g/mol. The molecule has 6 heteroatoms. The lowest BCUT2D eigenvalue weighted by Gasteiger charge is -2.08. The summed E-state index contributed by atoms with van der Waals surface area (Å²) < 4.78 is 18.6. The zero-order chi connectivity index (χ0) is 15.1. The number of nitrogens with one attached hydrogen (secondary N) is 1. The molecule has 0 aliphatic heterocycles. The summed E-state index contributed by atoms with van der Waals surface area (Å²) in [7, 11) is 0. The molecule has 0 bridgehead atoms. The van der Waals surface area contributed by atoms with E-state index in [1.165, 1.54) is 12.1 Å². The van der Waals surface area contributed by atoms with Crippen molar-refractivity contribution in [2.45, 2.75) is 6.61 Å². The van der Waals surface area contributed by atoms with Crippen LogP contribution in [0, 0.1) is 5.82 Å². The lowest BCUT2D eigenvalue weighted by molar-refractivity contribution is 0.304. The summed E-state index contributed by atoms with van der Waals surface area (Å²) >= 11 is 4.66. The molecule has 0 aliphatic carbocycles. The molecular formula is C15H14FN3OS. The van der Waals surface area contributed by atoms with Crippen molar-refractivity contribution < 1.29 is 9.13 Å². The van der Waals surface area contributed by atoms with Crippen LogP contribution in [0.2, 0.25) is 0 Å². The standard InChI is InChI=1S/C15H14FN3OS/c16-13-6-3-7-14(8-13)20-10-12-5-2-1-4-11(12)9-18-19-15(17)21/h1-9H,10H2,(H3,17,19,21). The molecule has 2 aromatic carbocycles. The molecule has 2 rings (SSSR count). The topological polar surface area (TPSA) is 59.6 Å². The average molecular weight is 303 g/mol. The van der Waals surface area contributed by atoms with E-state index in [1.54, 1.807) is 18.3 Å². The van der Waals surface area contributed by atoms with E-state index in [-0.39, 0.29) is 10.9 Å². The molecule has 0 heterocycles. The number of nitrogens with two attached hydrogens (primary N) is 1. The SMILES string of the molecule is NC(=S)NN=Cc1ccccc1COc1cccc(F)c1. The number of hydrogen-bond donors (Lipinski definition) is 2. The highest BCUT2D eigenvalue weighted by Crippen LogP contribution is 2.15. The van der Waals surface area contributed by atoms with Gasteiger partial charge in [-0.3, -0.25) is 5.43 Å². The van der Waals surface area contributed by atoms with Gasteiger partial charge in [0, 0.05) is 11.6 Å². The van der Waals surface area contributed by atoms with Crippen molar-refractivity contribution in [2.75, 3.05) is 0 Å². The monoisotopic (exact) mass is 303 g/mol. The largest absolute Gasteiger partial charge is 0.489 e. The third-order valence-corrected chi connectivity index (χ3v) is 2.72. The van der Waals surface area contributed by atoms with Crippen molar-refractivity contribution in [3.05, 3.63) is 65.5 Å². The van der Waals surface area contributed by atoms with Crippen LogP contribution in [0.3, 0.4) is 0 Å². The van der Waals surface area contributed by atoms with Gasteiger partial charge in [-0.1, -0.05) is 30.3 Å². The third kappa shape index (κ3) is 4.85. The van der Waals surface area contributed by atoms with Gasteiger partial charge in [0.25, 0.3) is 0 Å². The van der Waals surface area contributed by atoms with E-state index < -0.39 is 0 Å². The first-order valence-corrected chi connectivity index (χ1v) is 6.61. The molecule has 0 unspecified atom stereocenters. The zero-order valence-electron chi connectivity index (χ0n) is 11.1. The molecule has 2 aromatic rings. The Morgan fingerprint density at radius 2 is 2.10 bits per heavy atom.